The van der Waals surface area contributed by atoms with Crippen LogP contribution in [-0.4, -0.2) is 20.9 Å². The molecule has 0 aromatic carbocycles. The summed E-state index contributed by atoms with van der Waals surface area (Å²) in [5, 5.41) is 20.9. The van der Waals surface area contributed by atoms with Gasteiger partial charge in [0.1, 0.15) is 10.0 Å². The zero-order valence-electron chi connectivity index (χ0n) is 11.2. The molecule has 1 N–H and O–H groups in total. The Hall–Kier alpha value is -0.480. The third kappa shape index (κ3) is 2.68. The van der Waals surface area contributed by atoms with Crippen molar-refractivity contribution in [3.8, 4) is 0 Å². The van der Waals surface area contributed by atoms with Gasteiger partial charge >= 0.3 is 0 Å². The molecule has 1 aromatic rings. The molecule has 1 aliphatic carbocycles. The second kappa shape index (κ2) is 4.32. The van der Waals surface area contributed by atoms with Crippen molar-refractivity contribution in [3.63, 3.8) is 0 Å². The Bertz CT molecular complexity index is 388. The van der Waals surface area contributed by atoms with Crippen molar-refractivity contribution in [2.75, 3.05) is 0 Å². The summed E-state index contributed by atoms with van der Waals surface area (Å²) in [5.41, 5.74) is -0.363. The van der Waals surface area contributed by atoms with E-state index in [0.29, 0.717) is 5.92 Å². The van der Waals surface area contributed by atoms with Crippen LogP contribution in [0.2, 0.25) is 0 Å². The van der Waals surface area contributed by atoms with Crippen LogP contribution in [0, 0.1) is 0 Å². The fourth-order valence-electron chi connectivity index (χ4n) is 2.27. The summed E-state index contributed by atoms with van der Waals surface area (Å²) in [5.74, 6) is 0.455. The summed E-state index contributed by atoms with van der Waals surface area (Å²) < 4.78 is 0. The van der Waals surface area contributed by atoms with E-state index in [1.807, 2.05) is 6.92 Å². The summed E-state index contributed by atoms with van der Waals surface area (Å²) in [6, 6.07) is 0. The lowest BCUT2D eigenvalue weighted by molar-refractivity contribution is 0.00288. The summed E-state index contributed by atoms with van der Waals surface area (Å²) >= 11 is 1.74. The van der Waals surface area contributed by atoms with Crippen LogP contribution < -0.4 is 0 Å². The first-order valence-corrected chi connectivity index (χ1v) is 7.20. The van der Waals surface area contributed by atoms with Crippen molar-refractivity contribution in [2.24, 2.45) is 0 Å². The third-order valence-corrected chi connectivity index (χ3v) is 5.41. The molecule has 17 heavy (non-hydrogen) atoms. The van der Waals surface area contributed by atoms with E-state index < -0.39 is 5.60 Å². The quantitative estimate of drug-likeness (QED) is 0.881. The molecule has 1 fully saturated rings. The van der Waals surface area contributed by atoms with E-state index in [0.717, 1.165) is 35.7 Å². The molecule has 0 aliphatic heterocycles. The first kappa shape index (κ1) is 13.0. The van der Waals surface area contributed by atoms with Gasteiger partial charge in [0.15, 0.2) is 0 Å². The van der Waals surface area contributed by atoms with Crippen LogP contribution in [0.1, 0.15) is 69.3 Å². The fraction of sp³-hybridized carbons (Fsp3) is 0.846. The van der Waals surface area contributed by atoms with Crippen molar-refractivity contribution in [2.45, 2.75) is 70.3 Å². The van der Waals surface area contributed by atoms with Crippen LogP contribution in [0.15, 0.2) is 0 Å². The minimum absolute atomic E-state index is 0.118. The zero-order chi connectivity index (χ0) is 12.7. The van der Waals surface area contributed by atoms with Crippen molar-refractivity contribution in [1.82, 2.24) is 10.2 Å². The van der Waals surface area contributed by atoms with Crippen LogP contribution in [0.5, 0.6) is 0 Å². The van der Waals surface area contributed by atoms with Gasteiger partial charge in [-0.1, -0.05) is 20.8 Å². The maximum absolute atomic E-state index is 10.0. The standard InChI is InChI=1S/C13H22N2OS/c1-9(2)10-14-15-11(17-10)12(3)5-7-13(4,16)8-6-12/h9,16H,5-8H2,1-4H3. The van der Waals surface area contributed by atoms with E-state index in [-0.39, 0.29) is 5.41 Å². The van der Waals surface area contributed by atoms with Crippen molar-refractivity contribution in [3.05, 3.63) is 10.0 Å². The van der Waals surface area contributed by atoms with E-state index in [1.165, 1.54) is 0 Å². The Morgan fingerprint density at radius 2 is 1.71 bits per heavy atom. The number of rotatable bonds is 2. The molecule has 1 aromatic heterocycles. The normalized spacial score (nSPS) is 34.2. The van der Waals surface area contributed by atoms with Gasteiger partial charge in [-0.3, -0.25) is 0 Å². The summed E-state index contributed by atoms with van der Waals surface area (Å²) in [6.45, 7) is 8.50. The third-order valence-electron chi connectivity index (χ3n) is 3.88. The van der Waals surface area contributed by atoms with Crippen LogP contribution in [0.3, 0.4) is 0 Å². The highest BCUT2D eigenvalue weighted by molar-refractivity contribution is 7.11. The monoisotopic (exact) mass is 254 g/mol. The van der Waals surface area contributed by atoms with E-state index >= 15 is 0 Å². The lowest BCUT2D eigenvalue weighted by atomic mass is 9.71. The number of aromatic nitrogens is 2. The number of hydrogen-bond acceptors (Lipinski definition) is 4. The zero-order valence-corrected chi connectivity index (χ0v) is 12.0. The molecule has 0 unspecified atom stereocenters. The highest BCUT2D eigenvalue weighted by Gasteiger charge is 2.39. The largest absolute Gasteiger partial charge is 0.390 e. The fourth-order valence-corrected chi connectivity index (χ4v) is 3.31. The molecular formula is C13H22N2OS. The first-order valence-electron chi connectivity index (χ1n) is 6.39. The van der Waals surface area contributed by atoms with Crippen molar-refractivity contribution < 1.29 is 5.11 Å². The second-order valence-corrected chi connectivity index (χ2v) is 7.17. The van der Waals surface area contributed by atoms with Gasteiger partial charge in [-0.25, -0.2) is 0 Å². The summed E-state index contributed by atoms with van der Waals surface area (Å²) in [7, 11) is 0. The van der Waals surface area contributed by atoms with Gasteiger partial charge in [0.05, 0.1) is 5.60 Å². The van der Waals surface area contributed by atoms with Gasteiger partial charge in [0, 0.05) is 11.3 Å². The predicted molar refractivity (Wildman–Crippen MR) is 70.4 cm³/mol. The lowest BCUT2D eigenvalue weighted by Gasteiger charge is -2.38. The van der Waals surface area contributed by atoms with E-state index in [4.69, 9.17) is 0 Å². The van der Waals surface area contributed by atoms with E-state index in [2.05, 4.69) is 31.0 Å². The second-order valence-electron chi connectivity index (χ2n) is 6.16. The minimum Gasteiger partial charge on any atom is -0.390 e. The topological polar surface area (TPSA) is 46.0 Å². The maximum atomic E-state index is 10.0. The Balaban J connectivity index is 2.16. The predicted octanol–water partition coefficient (Wildman–Crippen LogP) is 3.24. The molecule has 3 nitrogen and oxygen atoms in total. The van der Waals surface area contributed by atoms with Gasteiger partial charge < -0.3 is 5.11 Å². The van der Waals surface area contributed by atoms with E-state index in [9.17, 15) is 5.11 Å². The number of hydrogen-bond donors (Lipinski definition) is 1. The molecule has 1 saturated carbocycles. The highest BCUT2D eigenvalue weighted by Crippen LogP contribution is 2.44. The molecule has 0 saturated heterocycles. The number of aliphatic hydroxyl groups is 1. The molecule has 0 amide bonds. The van der Waals surface area contributed by atoms with Crippen LogP contribution in [-0.2, 0) is 5.41 Å². The van der Waals surface area contributed by atoms with Gasteiger partial charge in [0.25, 0.3) is 0 Å². The molecule has 0 radical (unpaired) electrons. The molecule has 0 bridgehead atoms. The molecular weight excluding hydrogens is 232 g/mol. The maximum Gasteiger partial charge on any atom is 0.123 e. The molecule has 0 atom stereocenters. The molecule has 0 spiro atoms. The van der Waals surface area contributed by atoms with Crippen molar-refractivity contribution in [1.29, 1.82) is 0 Å². The Morgan fingerprint density at radius 1 is 1.12 bits per heavy atom. The molecule has 1 aliphatic rings. The van der Waals surface area contributed by atoms with Gasteiger partial charge in [-0.05, 0) is 32.6 Å². The van der Waals surface area contributed by atoms with Gasteiger partial charge in [-0.2, -0.15) is 0 Å². The highest BCUT2D eigenvalue weighted by atomic mass is 32.1. The van der Waals surface area contributed by atoms with Crippen LogP contribution >= 0.6 is 11.3 Å². The van der Waals surface area contributed by atoms with Gasteiger partial charge in [0.2, 0.25) is 0 Å². The number of nitrogens with zero attached hydrogens (tertiary/aromatic N) is 2. The minimum atomic E-state index is -0.481. The molecule has 4 heteroatoms. The Kier molecular flexibility index (Phi) is 3.29. The smallest absolute Gasteiger partial charge is 0.123 e. The average molecular weight is 254 g/mol. The van der Waals surface area contributed by atoms with Crippen LogP contribution in [0.25, 0.3) is 0 Å². The Labute approximate surface area is 107 Å². The molecule has 96 valence electrons. The van der Waals surface area contributed by atoms with Crippen LogP contribution in [0.4, 0.5) is 0 Å². The van der Waals surface area contributed by atoms with Crippen molar-refractivity contribution >= 4 is 11.3 Å². The Morgan fingerprint density at radius 3 is 2.18 bits per heavy atom. The first-order chi connectivity index (χ1) is 7.82. The lowest BCUT2D eigenvalue weighted by Crippen LogP contribution is -2.37. The van der Waals surface area contributed by atoms with Gasteiger partial charge in [-0.15, -0.1) is 21.5 Å². The molecule has 1 heterocycles. The summed E-state index contributed by atoms with van der Waals surface area (Å²) in [4.78, 5) is 0. The SMILES string of the molecule is CC(C)c1nnc(C2(C)CCC(C)(O)CC2)s1. The van der Waals surface area contributed by atoms with E-state index in [1.54, 1.807) is 11.3 Å². The summed E-state index contributed by atoms with van der Waals surface area (Å²) in [6.07, 6.45) is 3.74. The molecule has 2 rings (SSSR count). The average Bonchev–Trinajstić information content (AvgIpc) is 2.73.